The Labute approximate surface area is 147 Å². The third kappa shape index (κ3) is 5.16. The maximum Gasteiger partial charge on any atom is 0.253 e. The highest BCUT2D eigenvalue weighted by atomic mass is 16.5. The lowest BCUT2D eigenvalue weighted by Crippen LogP contribution is -2.26. The molecule has 0 aliphatic carbocycles. The van der Waals surface area contributed by atoms with Gasteiger partial charge in [-0.25, -0.2) is 0 Å². The maximum atomic E-state index is 12.0. The van der Waals surface area contributed by atoms with Gasteiger partial charge >= 0.3 is 0 Å². The second-order valence-corrected chi connectivity index (χ2v) is 6.10. The molecule has 0 aromatic heterocycles. The lowest BCUT2D eigenvalue weighted by molar-refractivity contribution is -0.124. The molecule has 5 nitrogen and oxygen atoms in total. The van der Waals surface area contributed by atoms with Crippen molar-refractivity contribution in [3.8, 4) is 0 Å². The molecule has 2 aromatic carbocycles. The van der Waals surface area contributed by atoms with E-state index in [-0.39, 0.29) is 17.9 Å². The molecule has 25 heavy (non-hydrogen) atoms. The summed E-state index contributed by atoms with van der Waals surface area (Å²) in [5.74, 6) is -0.142. The van der Waals surface area contributed by atoms with Crippen LogP contribution < -0.4 is 10.6 Å². The summed E-state index contributed by atoms with van der Waals surface area (Å²) in [5.41, 5.74) is 2.56. The normalized spacial score (nSPS) is 16.4. The van der Waals surface area contributed by atoms with Crippen LogP contribution in [0.2, 0.25) is 0 Å². The van der Waals surface area contributed by atoms with Crippen molar-refractivity contribution in [3.05, 3.63) is 60.2 Å². The molecular formula is C20H22N2O3. The summed E-state index contributed by atoms with van der Waals surface area (Å²) in [6, 6.07) is 17.0. The first-order valence-corrected chi connectivity index (χ1v) is 8.57. The Hall–Kier alpha value is -2.66. The van der Waals surface area contributed by atoms with Crippen LogP contribution >= 0.6 is 0 Å². The molecule has 5 heteroatoms. The average molecular weight is 338 g/mol. The van der Waals surface area contributed by atoms with Gasteiger partial charge in [-0.1, -0.05) is 30.3 Å². The van der Waals surface area contributed by atoms with Gasteiger partial charge in [0.05, 0.1) is 0 Å². The van der Waals surface area contributed by atoms with E-state index in [0.29, 0.717) is 30.8 Å². The number of ether oxygens (including phenoxy) is 1. The molecule has 130 valence electrons. The lowest BCUT2D eigenvalue weighted by atomic mass is 10.1. The monoisotopic (exact) mass is 338 g/mol. The number of nitrogens with one attached hydrogen (secondary N) is 2. The van der Waals surface area contributed by atoms with Gasteiger partial charge in [0.1, 0.15) is 6.10 Å². The number of hydrogen-bond donors (Lipinski definition) is 2. The number of aryl methyl sites for hydroxylation is 1. The highest BCUT2D eigenvalue weighted by Crippen LogP contribution is 2.17. The van der Waals surface area contributed by atoms with Crippen LogP contribution in [-0.4, -0.2) is 24.5 Å². The summed E-state index contributed by atoms with van der Waals surface area (Å²) in [6.07, 6.45) is 2.48. The van der Waals surface area contributed by atoms with Gasteiger partial charge in [-0.15, -0.1) is 0 Å². The smallest absolute Gasteiger partial charge is 0.253 e. The molecule has 2 aromatic rings. The van der Waals surface area contributed by atoms with E-state index in [4.69, 9.17) is 4.74 Å². The Morgan fingerprint density at radius 3 is 2.28 bits per heavy atom. The number of rotatable bonds is 6. The fraction of sp³-hybridized carbons (Fsp3) is 0.300. The third-order valence-corrected chi connectivity index (χ3v) is 4.14. The van der Waals surface area contributed by atoms with E-state index in [1.165, 1.54) is 0 Å². The van der Waals surface area contributed by atoms with Crippen LogP contribution in [0.5, 0.6) is 0 Å². The van der Waals surface area contributed by atoms with Gasteiger partial charge in [-0.05, 0) is 49.1 Å². The van der Waals surface area contributed by atoms with E-state index >= 15 is 0 Å². The summed E-state index contributed by atoms with van der Waals surface area (Å²) >= 11 is 0. The number of carbonyl (C=O) groups excluding carboxylic acids is 2. The second-order valence-electron chi connectivity index (χ2n) is 6.10. The van der Waals surface area contributed by atoms with Crippen LogP contribution in [0, 0.1) is 0 Å². The first-order chi connectivity index (χ1) is 12.2. The number of hydrogen-bond acceptors (Lipinski definition) is 3. The molecule has 1 fully saturated rings. The van der Waals surface area contributed by atoms with Gasteiger partial charge in [0.2, 0.25) is 5.91 Å². The number of anilines is 2. The molecule has 2 amide bonds. The van der Waals surface area contributed by atoms with E-state index in [2.05, 4.69) is 10.6 Å². The quantitative estimate of drug-likeness (QED) is 0.848. The van der Waals surface area contributed by atoms with Crippen molar-refractivity contribution in [1.82, 2.24) is 0 Å². The highest BCUT2D eigenvalue weighted by molar-refractivity contribution is 5.95. The summed E-state index contributed by atoms with van der Waals surface area (Å²) in [5, 5.41) is 5.71. The molecule has 0 bridgehead atoms. The third-order valence-electron chi connectivity index (χ3n) is 4.14. The van der Waals surface area contributed by atoms with Crippen molar-refractivity contribution in [2.45, 2.75) is 31.8 Å². The van der Waals surface area contributed by atoms with Gasteiger partial charge in [0.25, 0.3) is 5.91 Å². The molecule has 1 aliphatic rings. The van der Waals surface area contributed by atoms with Crippen molar-refractivity contribution in [2.24, 2.45) is 0 Å². The topological polar surface area (TPSA) is 67.4 Å². The van der Waals surface area contributed by atoms with Crippen LogP contribution in [0.15, 0.2) is 54.6 Å². The summed E-state index contributed by atoms with van der Waals surface area (Å²) in [4.78, 5) is 24.0. The number of benzene rings is 2. The van der Waals surface area contributed by atoms with Crippen molar-refractivity contribution in [2.75, 3.05) is 17.2 Å². The number of carbonyl (C=O) groups is 2. The summed E-state index contributed by atoms with van der Waals surface area (Å²) in [6.45, 7) is 0.645. The molecule has 1 heterocycles. The highest BCUT2D eigenvalue weighted by Gasteiger charge is 2.23. The Bertz CT molecular complexity index is 707. The second kappa shape index (κ2) is 8.44. The van der Waals surface area contributed by atoms with Crippen LogP contribution in [0.4, 0.5) is 11.4 Å². The molecular weight excluding hydrogens is 316 g/mol. The largest absolute Gasteiger partial charge is 0.368 e. The van der Waals surface area contributed by atoms with Crippen molar-refractivity contribution in [1.29, 1.82) is 0 Å². The SMILES string of the molecule is O=C(CCc1ccccc1)Nc1ccc(NC(=O)C2CCCO2)cc1. The molecule has 1 atom stereocenters. The standard InChI is InChI=1S/C20H22N2O3/c23-19(13-8-15-5-2-1-3-6-15)21-16-9-11-17(12-10-16)22-20(24)18-7-4-14-25-18/h1-3,5-6,9-12,18H,4,7-8,13-14H2,(H,21,23)(H,22,24). The van der Waals surface area contributed by atoms with E-state index in [1.807, 2.05) is 30.3 Å². The van der Waals surface area contributed by atoms with Crippen LogP contribution in [0.25, 0.3) is 0 Å². The van der Waals surface area contributed by atoms with Crippen LogP contribution in [-0.2, 0) is 20.7 Å². The van der Waals surface area contributed by atoms with Gasteiger partial charge in [-0.3, -0.25) is 9.59 Å². The number of amides is 2. The minimum atomic E-state index is -0.350. The van der Waals surface area contributed by atoms with Gasteiger partial charge in [-0.2, -0.15) is 0 Å². The molecule has 0 radical (unpaired) electrons. The van der Waals surface area contributed by atoms with Gasteiger partial charge in [0.15, 0.2) is 0 Å². The Morgan fingerprint density at radius 2 is 1.64 bits per heavy atom. The van der Waals surface area contributed by atoms with Gasteiger partial charge < -0.3 is 15.4 Å². The first kappa shape index (κ1) is 17.2. The zero-order chi connectivity index (χ0) is 17.5. The van der Waals surface area contributed by atoms with E-state index in [9.17, 15) is 9.59 Å². The van der Waals surface area contributed by atoms with Crippen LogP contribution in [0.1, 0.15) is 24.8 Å². The zero-order valence-electron chi connectivity index (χ0n) is 14.0. The Morgan fingerprint density at radius 1 is 0.960 bits per heavy atom. The van der Waals surface area contributed by atoms with Gasteiger partial charge in [0, 0.05) is 24.4 Å². The Balaban J connectivity index is 1.46. The van der Waals surface area contributed by atoms with Crippen molar-refractivity contribution < 1.29 is 14.3 Å². The minimum absolute atomic E-state index is 0.0278. The molecule has 0 saturated carbocycles. The fourth-order valence-electron chi connectivity index (χ4n) is 2.77. The van der Waals surface area contributed by atoms with Crippen molar-refractivity contribution in [3.63, 3.8) is 0 Å². The van der Waals surface area contributed by atoms with E-state index < -0.39 is 0 Å². The predicted molar refractivity (Wildman–Crippen MR) is 97.4 cm³/mol. The zero-order valence-corrected chi connectivity index (χ0v) is 14.0. The fourth-order valence-corrected chi connectivity index (χ4v) is 2.77. The summed E-state index contributed by atoms with van der Waals surface area (Å²) < 4.78 is 5.36. The molecule has 1 saturated heterocycles. The molecule has 0 spiro atoms. The van der Waals surface area contributed by atoms with E-state index in [1.54, 1.807) is 24.3 Å². The summed E-state index contributed by atoms with van der Waals surface area (Å²) in [7, 11) is 0. The average Bonchev–Trinajstić information content (AvgIpc) is 3.17. The van der Waals surface area contributed by atoms with E-state index in [0.717, 1.165) is 18.4 Å². The maximum absolute atomic E-state index is 12.0. The van der Waals surface area contributed by atoms with Crippen molar-refractivity contribution >= 4 is 23.2 Å². The predicted octanol–water partition coefficient (Wildman–Crippen LogP) is 3.38. The Kier molecular flexibility index (Phi) is 5.80. The molecule has 2 N–H and O–H groups in total. The minimum Gasteiger partial charge on any atom is -0.368 e. The lowest BCUT2D eigenvalue weighted by Gasteiger charge is -2.11. The van der Waals surface area contributed by atoms with Crippen LogP contribution in [0.3, 0.4) is 0 Å². The molecule has 1 aliphatic heterocycles. The first-order valence-electron chi connectivity index (χ1n) is 8.57. The molecule has 1 unspecified atom stereocenters. The molecule has 3 rings (SSSR count).